The molecule has 24 heavy (non-hydrogen) atoms. The van der Waals surface area contributed by atoms with Crippen LogP contribution in [0.4, 0.5) is 0 Å². The number of nitrogens with one attached hydrogen (secondary N) is 2. The fourth-order valence-electron chi connectivity index (χ4n) is 2.60. The van der Waals surface area contributed by atoms with Crippen LogP contribution in [0.5, 0.6) is 0 Å². The minimum atomic E-state index is -3.51. The maximum absolute atomic E-state index is 12.4. The van der Waals surface area contributed by atoms with Crippen LogP contribution in [0.2, 0.25) is 0 Å². The average molecular weight is 346 g/mol. The summed E-state index contributed by atoms with van der Waals surface area (Å²) in [6, 6.07) is 17.2. The zero-order chi connectivity index (χ0) is 17.8. The smallest absolute Gasteiger partial charge is 0.240 e. The molecular formula is C19H26N2O2S. The molecule has 0 radical (unpaired) electrons. The Labute approximate surface area is 145 Å². The van der Waals surface area contributed by atoms with Crippen molar-refractivity contribution >= 4 is 10.0 Å². The lowest BCUT2D eigenvalue weighted by molar-refractivity contribution is 0.346. The number of sulfonamides is 1. The fraction of sp³-hybridized carbons (Fsp3) is 0.368. The monoisotopic (exact) mass is 346 g/mol. The van der Waals surface area contributed by atoms with Crippen molar-refractivity contribution in [3.05, 3.63) is 65.7 Å². The van der Waals surface area contributed by atoms with Crippen molar-refractivity contribution in [3.63, 3.8) is 0 Å². The molecule has 2 rings (SSSR count). The Hall–Kier alpha value is -1.69. The molecule has 1 atom stereocenters. The van der Waals surface area contributed by atoms with Crippen molar-refractivity contribution in [2.45, 2.75) is 44.2 Å². The second kappa shape index (κ2) is 7.47. The molecule has 0 amide bonds. The quantitative estimate of drug-likeness (QED) is 0.808. The summed E-state index contributed by atoms with van der Waals surface area (Å²) in [4.78, 5) is 0.300. The zero-order valence-corrected chi connectivity index (χ0v) is 15.5. The lowest BCUT2D eigenvalue weighted by atomic mass is 10.0. The molecule has 0 bridgehead atoms. The van der Waals surface area contributed by atoms with Crippen LogP contribution in [0.15, 0.2) is 59.5 Å². The molecule has 0 aliphatic heterocycles. The van der Waals surface area contributed by atoms with E-state index >= 15 is 0 Å². The first-order valence-electron chi connectivity index (χ1n) is 8.09. The number of rotatable bonds is 7. The predicted octanol–water partition coefficient (Wildman–Crippen LogP) is 3.40. The first kappa shape index (κ1) is 18.6. The van der Waals surface area contributed by atoms with Crippen molar-refractivity contribution in [3.8, 4) is 0 Å². The molecule has 0 aliphatic rings. The van der Waals surface area contributed by atoms with Crippen LogP contribution >= 0.6 is 0 Å². The van der Waals surface area contributed by atoms with Gasteiger partial charge in [-0.2, -0.15) is 0 Å². The van der Waals surface area contributed by atoms with Gasteiger partial charge in [-0.3, -0.25) is 0 Å². The molecule has 0 saturated heterocycles. The molecule has 2 aromatic rings. The molecular weight excluding hydrogens is 320 g/mol. The topological polar surface area (TPSA) is 58.2 Å². The van der Waals surface area contributed by atoms with E-state index in [-0.39, 0.29) is 11.6 Å². The average Bonchev–Trinajstić information content (AvgIpc) is 2.54. The Kier molecular flexibility index (Phi) is 5.80. The van der Waals surface area contributed by atoms with E-state index in [1.54, 1.807) is 18.2 Å². The van der Waals surface area contributed by atoms with Crippen molar-refractivity contribution in [1.82, 2.24) is 10.0 Å². The van der Waals surface area contributed by atoms with Gasteiger partial charge in [-0.15, -0.1) is 0 Å². The van der Waals surface area contributed by atoms with Crippen LogP contribution in [-0.4, -0.2) is 20.5 Å². The van der Waals surface area contributed by atoms with Gasteiger partial charge in [0, 0.05) is 18.1 Å². The standard InChI is InChI=1S/C19H26N2O2S/c1-15-9-8-12-18(13-15)24(22,23)20-14-19(3,4)21-16(2)17-10-6-5-7-11-17/h5-13,16,20-21H,14H2,1-4H3. The van der Waals surface area contributed by atoms with Crippen LogP contribution < -0.4 is 10.0 Å². The van der Waals surface area contributed by atoms with Gasteiger partial charge in [-0.25, -0.2) is 13.1 Å². The Morgan fingerprint density at radius 3 is 2.33 bits per heavy atom. The summed E-state index contributed by atoms with van der Waals surface area (Å²) in [7, 11) is -3.51. The van der Waals surface area contributed by atoms with E-state index in [1.165, 1.54) is 5.56 Å². The Morgan fingerprint density at radius 1 is 1.04 bits per heavy atom. The van der Waals surface area contributed by atoms with Gasteiger partial charge in [0.05, 0.1) is 4.90 Å². The maximum Gasteiger partial charge on any atom is 0.240 e. The van der Waals surface area contributed by atoms with Crippen molar-refractivity contribution in [2.24, 2.45) is 0 Å². The maximum atomic E-state index is 12.4. The predicted molar refractivity (Wildman–Crippen MR) is 98.4 cm³/mol. The Morgan fingerprint density at radius 2 is 1.71 bits per heavy atom. The van der Waals surface area contributed by atoms with E-state index in [2.05, 4.69) is 29.1 Å². The molecule has 0 spiro atoms. The van der Waals surface area contributed by atoms with Crippen molar-refractivity contribution in [1.29, 1.82) is 0 Å². The van der Waals surface area contributed by atoms with Gasteiger partial charge < -0.3 is 5.32 Å². The lowest BCUT2D eigenvalue weighted by Gasteiger charge is -2.30. The van der Waals surface area contributed by atoms with Crippen molar-refractivity contribution < 1.29 is 8.42 Å². The third-order valence-electron chi connectivity index (χ3n) is 3.91. The molecule has 5 heteroatoms. The van der Waals surface area contributed by atoms with E-state index in [9.17, 15) is 8.42 Å². The molecule has 0 fully saturated rings. The number of benzene rings is 2. The van der Waals surface area contributed by atoms with Crippen LogP contribution in [0.3, 0.4) is 0 Å². The normalized spacial score (nSPS) is 13.7. The van der Waals surface area contributed by atoms with Crippen LogP contribution in [0.1, 0.15) is 37.9 Å². The molecule has 130 valence electrons. The largest absolute Gasteiger partial charge is 0.304 e. The van der Waals surface area contributed by atoms with E-state index < -0.39 is 10.0 Å². The van der Waals surface area contributed by atoms with Gasteiger partial charge >= 0.3 is 0 Å². The van der Waals surface area contributed by atoms with E-state index in [1.807, 2.05) is 45.0 Å². The molecule has 2 N–H and O–H groups in total. The number of hydrogen-bond acceptors (Lipinski definition) is 3. The fourth-order valence-corrected chi connectivity index (χ4v) is 3.92. The van der Waals surface area contributed by atoms with Gasteiger partial charge in [-0.1, -0.05) is 42.5 Å². The van der Waals surface area contributed by atoms with Crippen LogP contribution in [-0.2, 0) is 10.0 Å². The first-order valence-corrected chi connectivity index (χ1v) is 9.57. The molecule has 0 aliphatic carbocycles. The first-order chi connectivity index (χ1) is 11.2. The van der Waals surface area contributed by atoms with Crippen LogP contribution in [0, 0.1) is 6.92 Å². The van der Waals surface area contributed by atoms with E-state index in [0.29, 0.717) is 11.4 Å². The molecule has 2 aromatic carbocycles. The highest BCUT2D eigenvalue weighted by Crippen LogP contribution is 2.17. The lowest BCUT2D eigenvalue weighted by Crippen LogP contribution is -2.49. The highest BCUT2D eigenvalue weighted by atomic mass is 32.2. The summed E-state index contributed by atoms with van der Waals surface area (Å²) in [6.07, 6.45) is 0. The highest BCUT2D eigenvalue weighted by molar-refractivity contribution is 7.89. The van der Waals surface area contributed by atoms with E-state index in [4.69, 9.17) is 0 Å². The summed E-state index contributed by atoms with van der Waals surface area (Å²) < 4.78 is 27.6. The SMILES string of the molecule is Cc1cccc(S(=O)(=O)NCC(C)(C)NC(C)c2ccccc2)c1. The zero-order valence-electron chi connectivity index (χ0n) is 14.7. The second-order valence-electron chi connectivity index (χ2n) is 6.80. The van der Waals surface area contributed by atoms with Gasteiger partial charge in [0.1, 0.15) is 0 Å². The molecule has 0 heterocycles. The molecule has 4 nitrogen and oxygen atoms in total. The third-order valence-corrected chi connectivity index (χ3v) is 5.31. The molecule has 1 unspecified atom stereocenters. The summed E-state index contributed by atoms with van der Waals surface area (Å²) in [5.74, 6) is 0. The number of aryl methyl sites for hydroxylation is 1. The summed E-state index contributed by atoms with van der Waals surface area (Å²) in [5, 5.41) is 3.48. The molecule has 0 saturated carbocycles. The summed E-state index contributed by atoms with van der Waals surface area (Å²) in [5.41, 5.74) is 1.71. The third kappa shape index (κ3) is 5.16. The van der Waals surface area contributed by atoms with Gasteiger partial charge in [-0.05, 0) is 51.0 Å². The summed E-state index contributed by atoms with van der Waals surface area (Å²) >= 11 is 0. The highest BCUT2D eigenvalue weighted by Gasteiger charge is 2.24. The minimum absolute atomic E-state index is 0.129. The van der Waals surface area contributed by atoms with Gasteiger partial charge in [0.2, 0.25) is 10.0 Å². The minimum Gasteiger partial charge on any atom is -0.304 e. The van der Waals surface area contributed by atoms with E-state index in [0.717, 1.165) is 5.56 Å². The molecule has 0 aromatic heterocycles. The number of hydrogen-bond donors (Lipinski definition) is 2. The van der Waals surface area contributed by atoms with Crippen LogP contribution in [0.25, 0.3) is 0 Å². The van der Waals surface area contributed by atoms with Gasteiger partial charge in [0.15, 0.2) is 0 Å². The summed E-state index contributed by atoms with van der Waals surface area (Å²) in [6.45, 7) is 8.25. The second-order valence-corrected chi connectivity index (χ2v) is 8.57. The Bertz CT molecular complexity index is 771. The van der Waals surface area contributed by atoms with Crippen molar-refractivity contribution in [2.75, 3.05) is 6.54 Å². The Balaban J connectivity index is 2.01. The van der Waals surface area contributed by atoms with Gasteiger partial charge in [0.25, 0.3) is 0 Å².